The molecule has 0 saturated carbocycles. The second kappa shape index (κ2) is 8.18. The molecule has 1 aliphatic rings. The molecule has 168 valence electrons. The molecule has 0 aromatic heterocycles. The van der Waals surface area contributed by atoms with Crippen LogP contribution in [0.15, 0.2) is 46.0 Å². The normalized spacial score (nSPS) is 15.5. The Labute approximate surface area is 190 Å². The molecule has 3 rings (SSSR count). The smallest absolute Gasteiger partial charge is 0.181 e. The zero-order valence-electron chi connectivity index (χ0n) is 20.6. The van der Waals surface area contributed by atoms with E-state index in [2.05, 4.69) is 63.5 Å². The maximum absolute atomic E-state index is 5.98. The summed E-state index contributed by atoms with van der Waals surface area (Å²) in [6.45, 7) is 14.8. The van der Waals surface area contributed by atoms with Gasteiger partial charge < -0.3 is 18.9 Å². The van der Waals surface area contributed by atoms with Crippen LogP contribution in [0.25, 0.3) is 0 Å². The molecule has 4 nitrogen and oxygen atoms in total. The van der Waals surface area contributed by atoms with Crippen molar-refractivity contribution in [2.45, 2.75) is 39.3 Å². The van der Waals surface area contributed by atoms with Gasteiger partial charge in [-0.2, -0.15) is 0 Å². The van der Waals surface area contributed by atoms with Crippen LogP contribution in [0.3, 0.4) is 0 Å². The predicted molar refractivity (Wildman–Crippen MR) is 138 cm³/mol. The van der Waals surface area contributed by atoms with Crippen LogP contribution in [0.5, 0.6) is 23.0 Å². The lowest BCUT2D eigenvalue weighted by Crippen LogP contribution is -2.57. The summed E-state index contributed by atoms with van der Waals surface area (Å²) in [4.78, 5) is 3.37. The van der Waals surface area contributed by atoms with Crippen molar-refractivity contribution >= 4 is 34.6 Å². The average molecular weight is 473 g/mol. The molecule has 2 aromatic rings. The Morgan fingerprint density at radius 3 is 0.968 bits per heavy atom. The first-order valence-corrected chi connectivity index (χ1v) is 19.7. The van der Waals surface area contributed by atoms with Crippen molar-refractivity contribution in [3.05, 3.63) is 46.0 Å². The van der Waals surface area contributed by atoms with Gasteiger partial charge in [0.2, 0.25) is 0 Å². The molecule has 0 spiro atoms. The van der Waals surface area contributed by atoms with Gasteiger partial charge in [0.05, 0.1) is 44.6 Å². The van der Waals surface area contributed by atoms with Crippen molar-refractivity contribution < 1.29 is 18.9 Å². The fourth-order valence-electron chi connectivity index (χ4n) is 5.22. The van der Waals surface area contributed by atoms with Crippen molar-refractivity contribution in [1.82, 2.24) is 0 Å². The first-order valence-electron chi connectivity index (χ1n) is 10.7. The SMILES string of the molecule is COc1cccc(OC)c1[Si]1(c2c(OC)cccc2OC)C([Si](C)(C)C)=C1[Si](C)(C)C. The molecule has 0 fully saturated rings. The van der Waals surface area contributed by atoms with Gasteiger partial charge in [-0.05, 0) is 24.3 Å². The highest BCUT2D eigenvalue weighted by molar-refractivity contribution is 7.38. The van der Waals surface area contributed by atoms with Crippen molar-refractivity contribution in [3.8, 4) is 23.0 Å². The largest absolute Gasteiger partial charge is 0.497 e. The van der Waals surface area contributed by atoms with Gasteiger partial charge in [0.25, 0.3) is 0 Å². The van der Waals surface area contributed by atoms with E-state index in [0.717, 1.165) is 23.0 Å². The molecule has 7 heteroatoms. The Kier molecular flexibility index (Phi) is 6.25. The molecule has 0 unspecified atom stereocenters. The van der Waals surface area contributed by atoms with Crippen LogP contribution >= 0.6 is 0 Å². The van der Waals surface area contributed by atoms with Gasteiger partial charge >= 0.3 is 0 Å². The summed E-state index contributed by atoms with van der Waals surface area (Å²) >= 11 is 0. The zero-order valence-corrected chi connectivity index (χ0v) is 23.6. The van der Waals surface area contributed by atoms with E-state index in [9.17, 15) is 0 Å². The number of rotatable bonds is 8. The summed E-state index contributed by atoms with van der Waals surface area (Å²) in [5.41, 5.74) is 0. The third-order valence-corrected chi connectivity index (χ3v) is 21.3. The van der Waals surface area contributed by atoms with Crippen molar-refractivity contribution in [1.29, 1.82) is 0 Å². The fraction of sp³-hybridized carbons (Fsp3) is 0.417. The molecule has 0 saturated heterocycles. The van der Waals surface area contributed by atoms with E-state index < -0.39 is 24.2 Å². The van der Waals surface area contributed by atoms with Crippen molar-refractivity contribution in [2.75, 3.05) is 28.4 Å². The van der Waals surface area contributed by atoms with E-state index in [0.29, 0.717) is 0 Å². The molecular formula is C24H36O4Si3. The first kappa shape index (κ1) is 23.7. The summed E-state index contributed by atoms with van der Waals surface area (Å²) in [6, 6.07) is 12.3. The van der Waals surface area contributed by atoms with Crippen LogP contribution in [0.1, 0.15) is 0 Å². The predicted octanol–water partition coefficient (Wildman–Crippen LogP) is 4.43. The molecular weight excluding hydrogens is 437 g/mol. The second-order valence-corrected chi connectivity index (χ2v) is 24.6. The molecule has 2 aromatic carbocycles. The van der Waals surface area contributed by atoms with E-state index in [4.69, 9.17) is 18.9 Å². The van der Waals surface area contributed by atoms with Crippen LogP contribution in [-0.2, 0) is 0 Å². The van der Waals surface area contributed by atoms with Crippen molar-refractivity contribution in [2.24, 2.45) is 0 Å². The maximum Gasteiger partial charge on any atom is 0.181 e. The Hall–Kier alpha value is -1.97. The molecule has 0 atom stereocenters. The number of hydrogen-bond acceptors (Lipinski definition) is 4. The van der Waals surface area contributed by atoms with Gasteiger partial charge in [-0.15, -0.1) is 0 Å². The second-order valence-electron chi connectivity index (χ2n) is 10.1. The van der Waals surface area contributed by atoms with Crippen LogP contribution in [0, 0.1) is 0 Å². The standard InChI is InChI=1S/C24H36O4Si3/c1-25-17-13-11-14-18(26-2)21(17)31(22-19(27-3)15-12-16-20(22)28-4)23(29(5,6)7)24(31)30(8,9)10/h11-16H,1-10H3. The summed E-state index contributed by atoms with van der Waals surface area (Å²) in [6.07, 6.45) is 0. The number of benzene rings is 2. The number of methoxy groups -OCH3 is 4. The number of ether oxygens (including phenoxy) is 4. The van der Waals surface area contributed by atoms with Gasteiger partial charge in [0.15, 0.2) is 8.07 Å². The highest BCUT2D eigenvalue weighted by Gasteiger charge is 2.68. The Morgan fingerprint density at radius 1 is 0.516 bits per heavy atom. The minimum Gasteiger partial charge on any atom is -0.497 e. The van der Waals surface area contributed by atoms with E-state index in [-0.39, 0.29) is 0 Å². The minimum atomic E-state index is -2.54. The van der Waals surface area contributed by atoms with Gasteiger partial charge in [-0.1, -0.05) is 61.1 Å². The zero-order chi connectivity index (χ0) is 23.2. The van der Waals surface area contributed by atoms with Gasteiger partial charge in [-0.3, -0.25) is 0 Å². The van der Waals surface area contributed by atoms with E-state index in [1.807, 2.05) is 12.1 Å². The molecule has 1 aliphatic heterocycles. The molecule has 31 heavy (non-hydrogen) atoms. The molecule has 0 N–H and O–H groups in total. The first-order chi connectivity index (χ1) is 14.5. The van der Waals surface area contributed by atoms with Gasteiger partial charge in [0, 0.05) is 10.4 Å². The lowest BCUT2D eigenvalue weighted by Gasteiger charge is -2.31. The third-order valence-electron chi connectivity index (χ3n) is 6.04. The van der Waals surface area contributed by atoms with Gasteiger partial charge in [0.1, 0.15) is 23.0 Å². The van der Waals surface area contributed by atoms with Crippen molar-refractivity contribution in [3.63, 3.8) is 0 Å². The fourth-order valence-corrected chi connectivity index (χ4v) is 28.0. The Balaban J connectivity index is 2.56. The summed E-state index contributed by atoms with van der Waals surface area (Å²) < 4.78 is 23.9. The van der Waals surface area contributed by atoms with E-state index in [1.54, 1.807) is 38.1 Å². The average Bonchev–Trinajstić information content (AvgIpc) is 3.44. The lowest BCUT2D eigenvalue weighted by molar-refractivity contribution is 0.398. The maximum atomic E-state index is 5.98. The topological polar surface area (TPSA) is 36.9 Å². The molecule has 0 amide bonds. The van der Waals surface area contributed by atoms with Crippen LogP contribution in [-0.4, -0.2) is 52.7 Å². The number of hydrogen-bond donors (Lipinski definition) is 0. The van der Waals surface area contributed by atoms with E-state index in [1.165, 1.54) is 10.4 Å². The van der Waals surface area contributed by atoms with Crippen LogP contribution < -0.4 is 29.3 Å². The highest BCUT2D eigenvalue weighted by Crippen LogP contribution is 2.54. The van der Waals surface area contributed by atoms with E-state index >= 15 is 0 Å². The third kappa shape index (κ3) is 3.66. The summed E-state index contributed by atoms with van der Waals surface area (Å²) in [5.74, 6) is 3.57. The molecule has 0 radical (unpaired) electrons. The minimum absolute atomic E-state index is 0.892. The molecule has 0 bridgehead atoms. The summed E-state index contributed by atoms with van der Waals surface area (Å²) in [7, 11) is 1.11. The Morgan fingerprint density at radius 2 is 0.774 bits per heavy atom. The lowest BCUT2D eigenvalue weighted by atomic mass is 10.3. The summed E-state index contributed by atoms with van der Waals surface area (Å²) in [5, 5.41) is 2.41. The molecule has 1 heterocycles. The quantitative estimate of drug-likeness (QED) is 0.533. The molecule has 0 aliphatic carbocycles. The van der Waals surface area contributed by atoms with Crippen LogP contribution in [0.4, 0.5) is 0 Å². The van der Waals surface area contributed by atoms with Crippen LogP contribution in [0.2, 0.25) is 39.3 Å². The van der Waals surface area contributed by atoms with Gasteiger partial charge in [-0.25, -0.2) is 0 Å². The highest BCUT2D eigenvalue weighted by atomic mass is 28.4. The monoisotopic (exact) mass is 472 g/mol. The Bertz CT molecular complexity index is 890.